The molecule has 1 fully saturated rings. The topological polar surface area (TPSA) is 83.8 Å². The number of nitrogens with two attached hydrogens (primary N) is 1. The van der Waals surface area contributed by atoms with Gasteiger partial charge in [0.25, 0.3) is 0 Å². The molecule has 1 aliphatic carbocycles. The minimum atomic E-state index is -0.354. The van der Waals surface area contributed by atoms with Crippen molar-refractivity contribution in [1.82, 2.24) is 10.2 Å². The second kappa shape index (κ2) is 6.41. The standard InChI is InChI=1S/C14H17FN4O.ClH/c15-9-4-5-12-10(7-9)14(19-18-12)17-13(20)6-8-2-1-3-11(8)16;/h4-5,7-8,11H,1-3,6,16H2,(H2,17,18,19,20);1H/t8-,11+;/m0./s1. The zero-order chi connectivity index (χ0) is 14.1. The second-order valence-corrected chi connectivity index (χ2v) is 5.37. The summed E-state index contributed by atoms with van der Waals surface area (Å²) in [6, 6.07) is 4.41. The van der Waals surface area contributed by atoms with E-state index in [4.69, 9.17) is 5.73 Å². The van der Waals surface area contributed by atoms with Gasteiger partial charge in [0, 0.05) is 17.8 Å². The number of benzene rings is 1. The molecule has 1 aliphatic rings. The Balaban J connectivity index is 0.00000161. The minimum Gasteiger partial charge on any atom is -0.327 e. The molecule has 1 saturated carbocycles. The van der Waals surface area contributed by atoms with Gasteiger partial charge in [-0.2, -0.15) is 5.10 Å². The van der Waals surface area contributed by atoms with Crippen molar-refractivity contribution in [2.24, 2.45) is 11.7 Å². The van der Waals surface area contributed by atoms with Crippen molar-refractivity contribution < 1.29 is 9.18 Å². The van der Waals surface area contributed by atoms with Crippen LogP contribution < -0.4 is 11.1 Å². The number of hydrogen-bond donors (Lipinski definition) is 3. The molecule has 0 aliphatic heterocycles. The third kappa shape index (κ3) is 3.33. The van der Waals surface area contributed by atoms with Crippen molar-refractivity contribution in [2.45, 2.75) is 31.7 Å². The van der Waals surface area contributed by atoms with Crippen molar-refractivity contribution >= 4 is 35.0 Å². The molecule has 0 unspecified atom stereocenters. The maximum Gasteiger partial charge on any atom is 0.225 e. The highest BCUT2D eigenvalue weighted by molar-refractivity contribution is 5.99. The first-order valence-electron chi connectivity index (χ1n) is 6.82. The maximum absolute atomic E-state index is 13.2. The predicted octanol–water partition coefficient (Wildman–Crippen LogP) is 2.58. The summed E-state index contributed by atoms with van der Waals surface area (Å²) in [5.74, 6) is 0.130. The fourth-order valence-corrected chi connectivity index (χ4v) is 2.82. The predicted molar refractivity (Wildman–Crippen MR) is 81.9 cm³/mol. The van der Waals surface area contributed by atoms with Gasteiger partial charge in [-0.1, -0.05) is 6.42 Å². The van der Waals surface area contributed by atoms with E-state index in [1.165, 1.54) is 12.1 Å². The third-order valence-electron chi connectivity index (χ3n) is 3.95. The van der Waals surface area contributed by atoms with Gasteiger partial charge in [0.1, 0.15) is 5.82 Å². The number of nitrogens with zero attached hydrogens (tertiary/aromatic N) is 1. The lowest BCUT2D eigenvalue weighted by Gasteiger charge is -2.14. The molecule has 1 heterocycles. The number of carbonyl (C=O) groups is 1. The summed E-state index contributed by atoms with van der Waals surface area (Å²) < 4.78 is 13.2. The van der Waals surface area contributed by atoms with Crippen LogP contribution in [0.15, 0.2) is 18.2 Å². The summed E-state index contributed by atoms with van der Waals surface area (Å²) in [5.41, 5.74) is 6.65. The average Bonchev–Trinajstić information content (AvgIpc) is 2.98. The summed E-state index contributed by atoms with van der Waals surface area (Å²) in [5, 5.41) is 10.1. The van der Waals surface area contributed by atoms with E-state index >= 15 is 0 Å². The number of carbonyl (C=O) groups excluding carboxylic acids is 1. The first-order valence-corrected chi connectivity index (χ1v) is 6.82. The quantitative estimate of drug-likeness (QED) is 0.814. The van der Waals surface area contributed by atoms with Crippen LogP contribution in [0.1, 0.15) is 25.7 Å². The smallest absolute Gasteiger partial charge is 0.225 e. The molecule has 1 aromatic carbocycles. The average molecular weight is 313 g/mol. The number of anilines is 1. The molecular weight excluding hydrogens is 295 g/mol. The third-order valence-corrected chi connectivity index (χ3v) is 3.95. The number of hydrogen-bond acceptors (Lipinski definition) is 3. The normalized spacial score (nSPS) is 21.2. The molecule has 1 aromatic heterocycles. The molecule has 0 radical (unpaired) electrons. The molecule has 0 spiro atoms. The number of aromatic nitrogens is 2. The van der Waals surface area contributed by atoms with E-state index in [0.717, 1.165) is 19.3 Å². The Labute approximate surface area is 127 Å². The summed E-state index contributed by atoms with van der Waals surface area (Å²) in [6.07, 6.45) is 3.44. The van der Waals surface area contributed by atoms with Crippen LogP contribution in [0.25, 0.3) is 10.9 Å². The molecule has 1 amide bonds. The Morgan fingerprint density at radius 1 is 1.48 bits per heavy atom. The number of fused-ring (bicyclic) bond motifs is 1. The largest absolute Gasteiger partial charge is 0.327 e. The Hall–Kier alpha value is -1.66. The van der Waals surface area contributed by atoms with Crippen LogP contribution in [-0.2, 0) is 4.79 Å². The van der Waals surface area contributed by atoms with Crippen LogP contribution in [0.2, 0.25) is 0 Å². The molecule has 2 aromatic rings. The number of H-pyrrole nitrogens is 1. The van der Waals surface area contributed by atoms with Crippen molar-refractivity contribution in [1.29, 1.82) is 0 Å². The molecule has 3 rings (SSSR count). The fourth-order valence-electron chi connectivity index (χ4n) is 2.82. The van der Waals surface area contributed by atoms with Gasteiger partial charge in [0.15, 0.2) is 5.82 Å². The van der Waals surface area contributed by atoms with E-state index < -0.39 is 0 Å². The Kier molecular flexibility index (Phi) is 4.80. The lowest BCUT2D eigenvalue weighted by atomic mass is 10.00. The zero-order valence-corrected chi connectivity index (χ0v) is 12.3. The van der Waals surface area contributed by atoms with Crippen molar-refractivity contribution in [3.63, 3.8) is 0 Å². The lowest BCUT2D eigenvalue weighted by Crippen LogP contribution is -2.28. The van der Waals surface area contributed by atoms with Gasteiger partial charge in [-0.3, -0.25) is 9.89 Å². The van der Waals surface area contributed by atoms with Crippen LogP contribution in [0.5, 0.6) is 0 Å². The first-order chi connectivity index (χ1) is 9.63. The zero-order valence-electron chi connectivity index (χ0n) is 11.4. The second-order valence-electron chi connectivity index (χ2n) is 5.37. The highest BCUT2D eigenvalue weighted by atomic mass is 35.5. The fraction of sp³-hybridized carbons (Fsp3) is 0.429. The van der Waals surface area contributed by atoms with E-state index in [9.17, 15) is 9.18 Å². The molecule has 0 bridgehead atoms. The van der Waals surface area contributed by atoms with Gasteiger partial charge >= 0.3 is 0 Å². The van der Waals surface area contributed by atoms with Crippen molar-refractivity contribution in [2.75, 3.05) is 5.32 Å². The molecule has 7 heteroatoms. The van der Waals surface area contributed by atoms with Crippen molar-refractivity contribution in [3.05, 3.63) is 24.0 Å². The van der Waals surface area contributed by atoms with E-state index in [2.05, 4.69) is 15.5 Å². The van der Waals surface area contributed by atoms with Gasteiger partial charge in [0.05, 0.1) is 5.52 Å². The van der Waals surface area contributed by atoms with E-state index in [-0.39, 0.29) is 36.1 Å². The van der Waals surface area contributed by atoms with Crippen LogP contribution in [-0.4, -0.2) is 22.1 Å². The number of rotatable bonds is 3. The molecular formula is C14H18ClFN4O. The number of nitrogens with one attached hydrogen (secondary N) is 2. The van der Waals surface area contributed by atoms with Crippen LogP contribution in [0.4, 0.5) is 10.2 Å². The molecule has 2 atom stereocenters. The molecule has 0 saturated heterocycles. The highest BCUT2D eigenvalue weighted by Gasteiger charge is 2.26. The number of amides is 1. The minimum absolute atomic E-state index is 0. The van der Waals surface area contributed by atoms with Gasteiger partial charge < -0.3 is 11.1 Å². The van der Waals surface area contributed by atoms with Crippen LogP contribution in [0.3, 0.4) is 0 Å². The Morgan fingerprint density at radius 2 is 2.29 bits per heavy atom. The Bertz CT molecular complexity index is 645. The lowest BCUT2D eigenvalue weighted by molar-refractivity contribution is -0.117. The maximum atomic E-state index is 13.2. The van der Waals surface area contributed by atoms with Crippen molar-refractivity contribution in [3.8, 4) is 0 Å². The molecule has 5 nitrogen and oxygen atoms in total. The molecule has 21 heavy (non-hydrogen) atoms. The SMILES string of the molecule is Cl.N[C@@H]1CCC[C@H]1CC(=O)Nc1n[nH]c2ccc(F)cc12. The van der Waals surface area contributed by atoms with Gasteiger partial charge in [-0.25, -0.2) is 4.39 Å². The van der Waals surface area contributed by atoms with E-state index in [1.807, 2.05) is 0 Å². The summed E-state index contributed by atoms with van der Waals surface area (Å²) >= 11 is 0. The van der Waals surface area contributed by atoms with Gasteiger partial charge in [0.2, 0.25) is 5.91 Å². The van der Waals surface area contributed by atoms with Gasteiger partial charge in [-0.05, 0) is 37.0 Å². The highest BCUT2D eigenvalue weighted by Crippen LogP contribution is 2.27. The first kappa shape index (κ1) is 15.7. The summed E-state index contributed by atoms with van der Waals surface area (Å²) in [4.78, 5) is 12.0. The van der Waals surface area contributed by atoms with E-state index in [0.29, 0.717) is 23.1 Å². The van der Waals surface area contributed by atoms with Crippen LogP contribution >= 0.6 is 12.4 Å². The number of halogens is 2. The Morgan fingerprint density at radius 3 is 3.00 bits per heavy atom. The summed E-state index contributed by atoms with van der Waals surface area (Å²) in [7, 11) is 0. The molecule has 114 valence electrons. The molecule has 4 N–H and O–H groups in total. The van der Waals surface area contributed by atoms with Gasteiger partial charge in [-0.15, -0.1) is 12.4 Å². The number of aromatic amines is 1. The summed E-state index contributed by atoms with van der Waals surface area (Å²) in [6.45, 7) is 0. The monoisotopic (exact) mass is 312 g/mol. The van der Waals surface area contributed by atoms with Crippen LogP contribution in [0, 0.1) is 11.7 Å². The van der Waals surface area contributed by atoms with E-state index in [1.54, 1.807) is 6.07 Å².